The Balaban J connectivity index is 2.02. The molecule has 8 nitrogen and oxygen atoms in total. The van der Waals surface area contributed by atoms with E-state index in [1.807, 2.05) is 30.3 Å². The topological polar surface area (TPSA) is 91.2 Å². The van der Waals surface area contributed by atoms with Crippen LogP contribution in [0, 0.1) is 0 Å². The second kappa shape index (κ2) is 9.12. The largest absolute Gasteiger partial charge is 0.491 e. The Hall–Kier alpha value is -2.48. The summed E-state index contributed by atoms with van der Waals surface area (Å²) in [6.07, 6.45) is 2.04. The van der Waals surface area contributed by atoms with Crippen LogP contribution in [-0.4, -0.2) is 45.4 Å². The Morgan fingerprint density at radius 3 is 2.76 bits per heavy atom. The summed E-state index contributed by atoms with van der Waals surface area (Å²) in [5, 5.41) is 14.9. The monoisotopic (exact) mass is 347 g/mol. The Bertz CT molecular complexity index is 661. The zero-order chi connectivity index (χ0) is 18.1. The molecule has 0 radical (unpaired) electrons. The van der Waals surface area contributed by atoms with Gasteiger partial charge in [-0.15, -0.1) is 5.10 Å². The average molecular weight is 347 g/mol. The molecule has 1 aromatic heterocycles. The van der Waals surface area contributed by atoms with Gasteiger partial charge in [-0.25, -0.2) is 9.48 Å². The number of esters is 1. The van der Waals surface area contributed by atoms with Gasteiger partial charge in [0.05, 0.1) is 13.7 Å². The maximum absolute atomic E-state index is 12.2. The first-order valence-corrected chi connectivity index (χ1v) is 8.35. The number of tetrazole rings is 1. The third-order valence-electron chi connectivity index (χ3n) is 3.87. The molecular formula is C17H25N5O3. The van der Waals surface area contributed by atoms with Gasteiger partial charge < -0.3 is 9.47 Å². The summed E-state index contributed by atoms with van der Waals surface area (Å²) in [6, 6.07) is 9.33. The molecule has 0 aliphatic carbocycles. The highest BCUT2D eigenvalue weighted by molar-refractivity contribution is 5.80. The van der Waals surface area contributed by atoms with Crippen molar-refractivity contribution in [1.82, 2.24) is 25.5 Å². The summed E-state index contributed by atoms with van der Waals surface area (Å²) < 4.78 is 12.4. The molecule has 0 saturated carbocycles. The van der Waals surface area contributed by atoms with Gasteiger partial charge in [0.2, 0.25) is 0 Å². The second-order valence-corrected chi connectivity index (χ2v) is 5.95. The van der Waals surface area contributed by atoms with Gasteiger partial charge in [-0.3, -0.25) is 5.32 Å². The molecule has 0 unspecified atom stereocenters. The van der Waals surface area contributed by atoms with E-state index in [2.05, 4.69) is 27.8 Å². The fourth-order valence-electron chi connectivity index (χ4n) is 2.26. The smallest absolute Gasteiger partial charge is 0.329 e. The molecule has 0 amide bonds. The minimum atomic E-state index is -1.02. The highest BCUT2D eigenvalue weighted by atomic mass is 16.5. The number of hydrogen-bond donors (Lipinski definition) is 1. The number of nitrogens with one attached hydrogen (secondary N) is 1. The number of aromatic nitrogens is 4. The van der Waals surface area contributed by atoms with Crippen molar-refractivity contribution in [2.45, 2.75) is 45.3 Å². The number of benzene rings is 1. The number of unbranched alkanes of at least 4 members (excludes halogenated alkanes) is 1. The van der Waals surface area contributed by atoms with E-state index in [0.29, 0.717) is 18.1 Å². The summed E-state index contributed by atoms with van der Waals surface area (Å²) in [4.78, 5) is 12.2. The van der Waals surface area contributed by atoms with E-state index in [0.717, 1.165) is 19.4 Å². The van der Waals surface area contributed by atoms with Crippen LogP contribution < -0.4 is 10.1 Å². The van der Waals surface area contributed by atoms with E-state index in [1.165, 1.54) is 7.11 Å². The number of carbonyl (C=O) groups is 1. The van der Waals surface area contributed by atoms with Crippen molar-refractivity contribution < 1.29 is 14.3 Å². The highest BCUT2D eigenvalue weighted by Gasteiger charge is 2.35. The number of rotatable bonds is 10. The van der Waals surface area contributed by atoms with Gasteiger partial charge in [-0.05, 0) is 35.9 Å². The second-order valence-electron chi connectivity index (χ2n) is 5.95. The quantitative estimate of drug-likeness (QED) is 0.652. The van der Waals surface area contributed by atoms with E-state index in [1.54, 1.807) is 11.6 Å². The lowest BCUT2D eigenvalue weighted by molar-refractivity contribution is -0.149. The third kappa shape index (κ3) is 5.25. The molecule has 2 rings (SSSR count). The number of hydrogen-bond acceptors (Lipinski definition) is 7. The first-order chi connectivity index (χ1) is 12.1. The van der Waals surface area contributed by atoms with Crippen LogP contribution in [0.1, 0.15) is 32.5 Å². The molecule has 0 saturated heterocycles. The fraction of sp³-hybridized carbons (Fsp3) is 0.529. The summed E-state index contributed by atoms with van der Waals surface area (Å²) >= 11 is 0. The molecule has 1 atom stereocenters. The molecule has 2 aromatic rings. The minimum Gasteiger partial charge on any atom is -0.491 e. The Morgan fingerprint density at radius 2 is 2.08 bits per heavy atom. The predicted molar refractivity (Wildman–Crippen MR) is 91.9 cm³/mol. The molecule has 1 N–H and O–H groups in total. The van der Waals surface area contributed by atoms with Crippen LogP contribution in [0.2, 0.25) is 0 Å². The van der Waals surface area contributed by atoms with Gasteiger partial charge >= 0.3 is 5.97 Å². The van der Waals surface area contributed by atoms with Gasteiger partial charge in [0, 0.05) is 6.54 Å². The van der Waals surface area contributed by atoms with Crippen molar-refractivity contribution in [2.75, 3.05) is 13.7 Å². The molecule has 1 aromatic carbocycles. The van der Waals surface area contributed by atoms with Crippen molar-refractivity contribution in [3.8, 4) is 5.75 Å². The van der Waals surface area contributed by atoms with Crippen LogP contribution in [0.5, 0.6) is 5.75 Å². The molecule has 25 heavy (non-hydrogen) atoms. The number of aryl methyl sites for hydroxylation is 1. The molecular weight excluding hydrogens is 322 g/mol. The summed E-state index contributed by atoms with van der Waals surface area (Å²) in [6.45, 7) is 5.05. The summed E-state index contributed by atoms with van der Waals surface area (Å²) in [5.74, 6) is 0.950. The van der Waals surface area contributed by atoms with Crippen molar-refractivity contribution in [3.05, 3.63) is 36.2 Å². The zero-order valence-corrected chi connectivity index (χ0v) is 14.9. The van der Waals surface area contributed by atoms with Crippen molar-refractivity contribution in [1.29, 1.82) is 0 Å². The minimum absolute atomic E-state index is 0.125. The number of methoxy groups -OCH3 is 1. The maximum atomic E-state index is 12.2. The summed E-state index contributed by atoms with van der Waals surface area (Å²) in [7, 11) is 1.36. The molecule has 136 valence electrons. The SMILES string of the molecule is CCCCn1nnnc1CN[C@@](C)(COc1ccccc1)C(=O)OC. The normalized spacial score (nSPS) is 13.2. The van der Waals surface area contributed by atoms with Crippen molar-refractivity contribution in [2.24, 2.45) is 0 Å². The van der Waals surface area contributed by atoms with Gasteiger partial charge in [-0.1, -0.05) is 31.5 Å². The Labute approximate surface area is 147 Å². The van der Waals surface area contributed by atoms with Crippen LogP contribution in [-0.2, 0) is 22.6 Å². The van der Waals surface area contributed by atoms with E-state index >= 15 is 0 Å². The lowest BCUT2D eigenvalue weighted by Gasteiger charge is -2.27. The van der Waals surface area contributed by atoms with Crippen LogP contribution >= 0.6 is 0 Å². The predicted octanol–water partition coefficient (Wildman–Crippen LogP) is 1.57. The lowest BCUT2D eigenvalue weighted by atomic mass is 10.0. The Kier molecular flexibility index (Phi) is 6.88. The Morgan fingerprint density at radius 1 is 1.32 bits per heavy atom. The lowest BCUT2D eigenvalue weighted by Crippen LogP contribution is -2.54. The molecule has 1 heterocycles. The zero-order valence-electron chi connectivity index (χ0n) is 14.9. The van der Waals surface area contributed by atoms with Crippen LogP contribution in [0.4, 0.5) is 0 Å². The number of ether oxygens (including phenoxy) is 2. The number of para-hydroxylation sites is 1. The first kappa shape index (κ1) is 18.9. The van der Waals surface area contributed by atoms with E-state index in [-0.39, 0.29) is 6.61 Å². The number of carbonyl (C=O) groups excluding carboxylic acids is 1. The van der Waals surface area contributed by atoms with Gasteiger partial charge in [0.25, 0.3) is 0 Å². The molecule has 0 aliphatic heterocycles. The number of nitrogens with zero attached hydrogens (tertiary/aromatic N) is 4. The summed E-state index contributed by atoms with van der Waals surface area (Å²) in [5.41, 5.74) is -1.02. The van der Waals surface area contributed by atoms with E-state index in [4.69, 9.17) is 9.47 Å². The van der Waals surface area contributed by atoms with Crippen LogP contribution in [0.3, 0.4) is 0 Å². The van der Waals surface area contributed by atoms with Gasteiger partial charge in [0.1, 0.15) is 17.9 Å². The average Bonchev–Trinajstić information content (AvgIpc) is 3.10. The first-order valence-electron chi connectivity index (χ1n) is 8.35. The molecule has 0 fully saturated rings. The molecule has 0 spiro atoms. The third-order valence-corrected chi connectivity index (χ3v) is 3.87. The van der Waals surface area contributed by atoms with E-state index in [9.17, 15) is 4.79 Å². The highest BCUT2D eigenvalue weighted by Crippen LogP contribution is 2.14. The fourth-order valence-corrected chi connectivity index (χ4v) is 2.26. The standard InChI is InChI=1S/C17H25N5O3/c1-4-5-11-22-15(19-20-21-22)12-18-17(2,16(23)24-3)13-25-14-9-7-6-8-10-14/h6-10,18H,4-5,11-13H2,1-3H3/t17-/m0/s1. The van der Waals surface area contributed by atoms with Crippen LogP contribution in [0.25, 0.3) is 0 Å². The van der Waals surface area contributed by atoms with Gasteiger partial charge in [0.15, 0.2) is 5.82 Å². The maximum Gasteiger partial charge on any atom is 0.329 e. The molecule has 0 bridgehead atoms. The van der Waals surface area contributed by atoms with Gasteiger partial charge in [-0.2, -0.15) is 0 Å². The van der Waals surface area contributed by atoms with Crippen molar-refractivity contribution in [3.63, 3.8) is 0 Å². The van der Waals surface area contributed by atoms with Crippen molar-refractivity contribution >= 4 is 5.97 Å². The van der Waals surface area contributed by atoms with E-state index < -0.39 is 11.5 Å². The molecule has 0 aliphatic rings. The molecule has 8 heteroatoms. The van der Waals surface area contributed by atoms with Crippen LogP contribution in [0.15, 0.2) is 30.3 Å².